The molecule has 0 unspecified atom stereocenters. The Morgan fingerprint density at radius 2 is 1.93 bits per heavy atom. The number of benzene rings is 1. The smallest absolute Gasteiger partial charge is 0.329 e. The highest BCUT2D eigenvalue weighted by Crippen LogP contribution is 2.36. The van der Waals surface area contributed by atoms with E-state index >= 15 is 0 Å². The van der Waals surface area contributed by atoms with Gasteiger partial charge in [-0.15, -0.1) is 0 Å². The van der Waals surface area contributed by atoms with Crippen LogP contribution in [-0.2, 0) is 9.53 Å². The average Bonchev–Trinajstić information content (AvgIpc) is 2.66. The molecule has 0 spiro atoms. The highest BCUT2D eigenvalue weighted by atomic mass is 16.5. The predicted octanol–water partition coefficient (Wildman–Crippen LogP) is 5.63. The van der Waals surface area contributed by atoms with Gasteiger partial charge < -0.3 is 9.64 Å². The lowest BCUT2D eigenvalue weighted by Crippen LogP contribution is -2.47. The van der Waals surface area contributed by atoms with Gasteiger partial charge >= 0.3 is 5.97 Å². The number of carbonyl (C=O) groups excluding carboxylic acids is 1. The number of nitrogens with zero attached hydrogens (tertiary/aromatic N) is 2. The molecule has 0 N–H and O–H groups in total. The van der Waals surface area contributed by atoms with Gasteiger partial charge in [0, 0.05) is 19.2 Å². The molecule has 1 aromatic carbocycles. The first-order valence-corrected chi connectivity index (χ1v) is 10.8. The summed E-state index contributed by atoms with van der Waals surface area (Å²) in [7, 11) is 1.79. The van der Waals surface area contributed by atoms with Crippen LogP contribution in [-0.4, -0.2) is 31.0 Å². The van der Waals surface area contributed by atoms with Crippen LogP contribution in [0.3, 0.4) is 0 Å². The van der Waals surface area contributed by atoms with Crippen LogP contribution in [0.4, 0.5) is 5.69 Å². The number of carbonyl (C=O) groups is 1. The molecule has 0 saturated heterocycles. The first kappa shape index (κ1) is 22.4. The van der Waals surface area contributed by atoms with Gasteiger partial charge in [0.05, 0.1) is 0 Å². The standard InChI is InChI=1S/C24H38N2O2/c1-8-23(25-7)26(21-12-10-9-11-18(21)5)19(6)24(27)28-22-15-17(4)13-14-20(22)16(2)3/h9-12,16-17,19-20,22H,8,13-15H2,1-7H3/b25-23+/t17-,19+,20+,22-/m1/s1. The van der Waals surface area contributed by atoms with Gasteiger partial charge in [-0.2, -0.15) is 0 Å². The lowest BCUT2D eigenvalue weighted by molar-refractivity contribution is -0.156. The quantitative estimate of drug-likeness (QED) is 0.361. The molecule has 4 atom stereocenters. The lowest BCUT2D eigenvalue weighted by atomic mass is 9.75. The zero-order valence-corrected chi connectivity index (χ0v) is 18.7. The Bertz CT molecular complexity index is 683. The molecule has 156 valence electrons. The van der Waals surface area contributed by atoms with Gasteiger partial charge in [-0.3, -0.25) is 4.99 Å². The molecule has 0 radical (unpaired) electrons. The van der Waals surface area contributed by atoms with E-state index in [-0.39, 0.29) is 12.1 Å². The van der Waals surface area contributed by atoms with E-state index in [1.807, 2.05) is 24.0 Å². The van der Waals surface area contributed by atoms with Gasteiger partial charge in [-0.05, 0) is 56.1 Å². The van der Waals surface area contributed by atoms with Crippen molar-refractivity contribution >= 4 is 17.5 Å². The van der Waals surface area contributed by atoms with E-state index < -0.39 is 6.04 Å². The third kappa shape index (κ3) is 5.15. The summed E-state index contributed by atoms with van der Waals surface area (Å²) in [5.41, 5.74) is 2.15. The van der Waals surface area contributed by atoms with Gasteiger partial charge in [-0.25, -0.2) is 4.79 Å². The number of anilines is 1. The number of para-hydroxylation sites is 1. The van der Waals surface area contributed by atoms with Crippen molar-refractivity contribution in [3.05, 3.63) is 29.8 Å². The highest BCUT2D eigenvalue weighted by molar-refractivity contribution is 6.03. The minimum Gasteiger partial charge on any atom is -0.461 e. The molecule has 1 aliphatic rings. The third-order valence-electron chi connectivity index (χ3n) is 6.18. The van der Waals surface area contributed by atoms with E-state index in [1.54, 1.807) is 7.05 Å². The van der Waals surface area contributed by atoms with Crippen LogP contribution in [0, 0.1) is 24.7 Å². The van der Waals surface area contributed by atoms with Gasteiger partial charge in [-0.1, -0.05) is 52.3 Å². The molecule has 0 heterocycles. The number of esters is 1. The summed E-state index contributed by atoms with van der Waals surface area (Å²) in [6, 6.07) is 7.74. The topological polar surface area (TPSA) is 41.9 Å². The molecule has 4 heteroatoms. The summed E-state index contributed by atoms with van der Waals surface area (Å²) >= 11 is 0. The van der Waals surface area contributed by atoms with Crippen molar-refractivity contribution in [2.45, 2.75) is 79.4 Å². The maximum Gasteiger partial charge on any atom is 0.329 e. The van der Waals surface area contributed by atoms with Gasteiger partial charge in [0.25, 0.3) is 0 Å². The van der Waals surface area contributed by atoms with E-state index in [0.717, 1.165) is 36.3 Å². The van der Waals surface area contributed by atoms with Crippen molar-refractivity contribution in [2.24, 2.45) is 22.7 Å². The number of hydrogen-bond donors (Lipinski definition) is 0. The molecule has 1 aromatic rings. The largest absolute Gasteiger partial charge is 0.461 e. The first-order valence-electron chi connectivity index (χ1n) is 10.8. The monoisotopic (exact) mass is 386 g/mol. The molecular formula is C24H38N2O2. The van der Waals surface area contributed by atoms with Crippen LogP contribution in [0.2, 0.25) is 0 Å². The van der Waals surface area contributed by atoms with Crippen molar-refractivity contribution in [2.75, 3.05) is 11.9 Å². The number of aryl methyl sites for hydroxylation is 1. The second-order valence-corrected chi connectivity index (χ2v) is 8.63. The lowest BCUT2D eigenvalue weighted by Gasteiger charge is -2.38. The molecule has 0 aromatic heterocycles. The minimum absolute atomic E-state index is 0.0149. The molecule has 1 saturated carbocycles. The van der Waals surface area contributed by atoms with Crippen molar-refractivity contribution in [3.8, 4) is 0 Å². The zero-order chi connectivity index (χ0) is 20.8. The Morgan fingerprint density at radius 3 is 2.50 bits per heavy atom. The second-order valence-electron chi connectivity index (χ2n) is 8.63. The number of ether oxygens (including phenoxy) is 1. The maximum absolute atomic E-state index is 13.2. The minimum atomic E-state index is -0.412. The van der Waals surface area contributed by atoms with Crippen LogP contribution in [0.25, 0.3) is 0 Å². The van der Waals surface area contributed by atoms with Crippen LogP contribution in [0.15, 0.2) is 29.3 Å². The summed E-state index contributed by atoms with van der Waals surface area (Å²) in [5.74, 6) is 2.33. The Hall–Kier alpha value is -1.84. The number of hydrogen-bond acceptors (Lipinski definition) is 3. The van der Waals surface area contributed by atoms with E-state index in [0.29, 0.717) is 17.8 Å². The summed E-state index contributed by atoms with van der Waals surface area (Å²) in [6.07, 6.45) is 4.11. The fourth-order valence-electron chi connectivity index (χ4n) is 4.44. The SMILES string of the molecule is CC/C(=N\C)N(c1ccccc1C)[C@@H](C)C(=O)O[C@@H]1C[C@H](C)CC[C@H]1C(C)C. The first-order chi connectivity index (χ1) is 13.3. The molecule has 0 amide bonds. The Kier molecular flexibility index (Phi) is 8.09. The Labute approximate surface area is 171 Å². The second kappa shape index (κ2) is 10.1. The van der Waals surface area contributed by atoms with Crippen LogP contribution in [0.1, 0.15) is 65.9 Å². The number of aliphatic imine (C=N–C) groups is 1. The molecule has 28 heavy (non-hydrogen) atoms. The fourth-order valence-corrected chi connectivity index (χ4v) is 4.44. The third-order valence-corrected chi connectivity index (χ3v) is 6.18. The molecule has 0 bridgehead atoms. The van der Waals surface area contributed by atoms with Crippen molar-refractivity contribution in [1.82, 2.24) is 0 Å². The maximum atomic E-state index is 13.2. The molecule has 1 fully saturated rings. The Morgan fingerprint density at radius 1 is 1.25 bits per heavy atom. The number of rotatable bonds is 6. The fraction of sp³-hybridized carbons (Fsp3) is 0.667. The number of amidine groups is 1. The summed E-state index contributed by atoms with van der Waals surface area (Å²) in [4.78, 5) is 19.7. The molecule has 4 nitrogen and oxygen atoms in total. The predicted molar refractivity (Wildman–Crippen MR) is 118 cm³/mol. The van der Waals surface area contributed by atoms with Crippen LogP contribution >= 0.6 is 0 Å². The average molecular weight is 387 g/mol. The summed E-state index contributed by atoms with van der Waals surface area (Å²) in [6.45, 7) is 12.8. The molecule has 0 aliphatic heterocycles. The van der Waals surface area contributed by atoms with E-state index in [1.165, 1.54) is 6.42 Å². The summed E-state index contributed by atoms with van der Waals surface area (Å²) in [5, 5.41) is 0. The van der Waals surface area contributed by atoms with Crippen molar-refractivity contribution < 1.29 is 9.53 Å². The van der Waals surface area contributed by atoms with Gasteiger partial charge in [0.1, 0.15) is 18.0 Å². The van der Waals surface area contributed by atoms with Crippen LogP contribution < -0.4 is 4.90 Å². The van der Waals surface area contributed by atoms with Gasteiger partial charge in [0.15, 0.2) is 0 Å². The van der Waals surface area contributed by atoms with Gasteiger partial charge in [0.2, 0.25) is 0 Å². The summed E-state index contributed by atoms with van der Waals surface area (Å²) < 4.78 is 6.14. The normalized spacial score (nSPS) is 24.1. The molecule has 2 rings (SSSR count). The van der Waals surface area contributed by atoms with E-state index in [4.69, 9.17) is 4.74 Å². The van der Waals surface area contributed by atoms with E-state index in [2.05, 4.69) is 51.7 Å². The zero-order valence-electron chi connectivity index (χ0n) is 18.7. The highest BCUT2D eigenvalue weighted by Gasteiger charge is 2.36. The van der Waals surface area contributed by atoms with E-state index in [9.17, 15) is 4.79 Å². The van der Waals surface area contributed by atoms with Crippen molar-refractivity contribution in [1.29, 1.82) is 0 Å². The van der Waals surface area contributed by atoms with Crippen LogP contribution in [0.5, 0.6) is 0 Å². The molecular weight excluding hydrogens is 348 g/mol. The Balaban J connectivity index is 2.27. The molecule has 1 aliphatic carbocycles. The van der Waals surface area contributed by atoms with Crippen molar-refractivity contribution in [3.63, 3.8) is 0 Å².